The van der Waals surface area contributed by atoms with Crippen molar-refractivity contribution in [2.45, 2.75) is 38.8 Å². The molecular weight excluding hydrogens is 697 g/mol. The Bertz CT molecular complexity index is 1290. The van der Waals surface area contributed by atoms with Gasteiger partial charge in [0.05, 0.1) is 0 Å². The maximum Gasteiger partial charge on any atom is 0.318 e. The fraction of sp³-hybridized carbons (Fsp3) is 0.579. The molecule has 286 valence electrons. The van der Waals surface area contributed by atoms with E-state index >= 15 is 0 Å². The van der Waals surface area contributed by atoms with Crippen LogP contribution in [0, 0.1) is 0 Å². The third-order valence-corrected chi connectivity index (χ3v) is 12.0. The molecule has 0 aliphatic carbocycles. The van der Waals surface area contributed by atoms with Gasteiger partial charge in [-0.05, 0) is 51.9 Å². The maximum absolute atomic E-state index is 13.5. The Morgan fingerprint density at radius 2 is 0.923 bits per heavy atom. The lowest BCUT2D eigenvalue weighted by atomic mass is 10.1. The molecular formula is C38H58N8O4S2. The summed E-state index contributed by atoms with van der Waals surface area (Å²) in [5.41, 5.74) is 2.30. The summed E-state index contributed by atoms with van der Waals surface area (Å²) in [5.74, 6) is 1.29. The van der Waals surface area contributed by atoms with Crippen LogP contribution in [0.2, 0.25) is 0 Å². The highest BCUT2D eigenvalue weighted by Gasteiger charge is 2.28. The third kappa shape index (κ3) is 13.8. The lowest BCUT2D eigenvalue weighted by molar-refractivity contribution is -0.135. The summed E-state index contributed by atoms with van der Waals surface area (Å²) in [7, 11) is 7.43. The topological polar surface area (TPSA) is 112 Å². The Hall–Kier alpha value is -3.46. The Labute approximate surface area is 318 Å². The molecule has 0 aromatic heterocycles. The molecule has 2 fully saturated rings. The highest BCUT2D eigenvalue weighted by molar-refractivity contribution is 8.76. The molecule has 2 aliphatic heterocycles. The zero-order chi connectivity index (χ0) is 37.3. The lowest BCUT2D eigenvalue weighted by Crippen LogP contribution is -2.55. The summed E-state index contributed by atoms with van der Waals surface area (Å²) in [6.45, 7) is 11.6. The number of carbonyl (C=O) groups excluding carboxylic acids is 4. The molecule has 2 aromatic carbocycles. The van der Waals surface area contributed by atoms with E-state index in [0.29, 0.717) is 76.7 Å². The molecule has 0 unspecified atom stereocenters. The van der Waals surface area contributed by atoms with Gasteiger partial charge in [0.1, 0.15) is 12.1 Å². The van der Waals surface area contributed by atoms with Gasteiger partial charge < -0.3 is 40.0 Å². The first kappa shape index (κ1) is 41.3. The van der Waals surface area contributed by atoms with Crippen LogP contribution >= 0.6 is 21.6 Å². The van der Waals surface area contributed by atoms with Crippen molar-refractivity contribution in [3.05, 3.63) is 71.8 Å². The first-order valence-electron chi connectivity index (χ1n) is 18.5. The zero-order valence-electron chi connectivity index (χ0n) is 31.4. The van der Waals surface area contributed by atoms with Crippen molar-refractivity contribution in [1.82, 2.24) is 40.0 Å². The number of amides is 6. The fourth-order valence-corrected chi connectivity index (χ4v) is 8.12. The summed E-state index contributed by atoms with van der Waals surface area (Å²) in [5, 5.41) is 5.93. The zero-order valence-corrected chi connectivity index (χ0v) is 33.0. The molecule has 4 rings (SSSR count). The van der Waals surface area contributed by atoms with Crippen LogP contribution in [0.3, 0.4) is 0 Å². The second-order valence-electron chi connectivity index (χ2n) is 13.7. The standard InChI is InChI=1S/C38H58N8O4S2/c1-31(35(47)43-23-19-41(3)20-24-43)39-37(49)45(17-15-33-11-7-5-8-12-33)27-29-51-52-30-28-46(18-16-34-13-9-6-10-14-34)38(50)40-32(2)36(48)44-25-21-42(4)22-26-44/h5-14,31-32H,15-30H2,1-4H3,(H,39,49)(H,40,50)/t31-,32-/m0/s1. The minimum absolute atomic E-state index is 0.0478. The van der Waals surface area contributed by atoms with Crippen molar-refractivity contribution in [2.24, 2.45) is 0 Å². The predicted molar refractivity (Wildman–Crippen MR) is 212 cm³/mol. The van der Waals surface area contributed by atoms with Crippen molar-refractivity contribution < 1.29 is 19.2 Å². The number of hydrogen-bond acceptors (Lipinski definition) is 8. The molecule has 0 spiro atoms. The number of nitrogens with one attached hydrogen (secondary N) is 2. The molecule has 0 radical (unpaired) electrons. The van der Waals surface area contributed by atoms with Crippen molar-refractivity contribution in [2.75, 3.05) is 104 Å². The molecule has 2 heterocycles. The minimum Gasteiger partial charge on any atom is -0.338 e. The summed E-state index contributed by atoms with van der Waals surface area (Å²) in [6.07, 6.45) is 1.43. The number of benzene rings is 2. The number of likely N-dealkylation sites (N-methyl/N-ethyl adjacent to an activating group) is 2. The van der Waals surface area contributed by atoms with Crippen molar-refractivity contribution in [3.8, 4) is 0 Å². The lowest BCUT2D eigenvalue weighted by Gasteiger charge is -2.34. The van der Waals surface area contributed by atoms with Crippen molar-refractivity contribution in [3.63, 3.8) is 0 Å². The highest BCUT2D eigenvalue weighted by Crippen LogP contribution is 2.21. The van der Waals surface area contributed by atoms with E-state index in [0.717, 1.165) is 37.3 Å². The number of hydrogen-bond donors (Lipinski definition) is 2. The number of rotatable bonds is 17. The molecule has 52 heavy (non-hydrogen) atoms. The second kappa shape index (κ2) is 21.9. The normalized spacial score (nSPS) is 16.5. The average molecular weight is 755 g/mol. The van der Waals surface area contributed by atoms with E-state index in [9.17, 15) is 19.2 Å². The summed E-state index contributed by atoms with van der Waals surface area (Å²) in [4.78, 5) is 64.8. The molecule has 2 saturated heterocycles. The van der Waals surface area contributed by atoms with Gasteiger partial charge in [0.15, 0.2) is 0 Å². The minimum atomic E-state index is -0.607. The number of carbonyl (C=O) groups is 4. The van der Waals surface area contributed by atoms with Gasteiger partial charge in [-0.25, -0.2) is 9.59 Å². The largest absolute Gasteiger partial charge is 0.338 e. The van der Waals surface area contributed by atoms with Crippen molar-refractivity contribution in [1.29, 1.82) is 0 Å². The van der Waals surface area contributed by atoms with Crippen LogP contribution in [0.1, 0.15) is 25.0 Å². The predicted octanol–water partition coefficient (Wildman–Crippen LogP) is 3.20. The van der Waals surface area contributed by atoms with E-state index in [2.05, 4.69) is 44.7 Å². The number of nitrogens with zero attached hydrogens (tertiary/aromatic N) is 6. The maximum atomic E-state index is 13.5. The van der Waals surface area contributed by atoms with E-state index < -0.39 is 12.1 Å². The Kier molecular flexibility index (Phi) is 17.4. The quantitative estimate of drug-likeness (QED) is 0.187. The molecule has 2 aliphatic rings. The van der Waals surface area contributed by atoms with Crippen LogP contribution in [-0.2, 0) is 22.4 Å². The average Bonchev–Trinajstić information content (AvgIpc) is 3.16. The van der Waals surface area contributed by atoms with Crippen LogP contribution in [0.5, 0.6) is 0 Å². The fourth-order valence-electron chi connectivity index (χ4n) is 6.14. The monoisotopic (exact) mass is 754 g/mol. The summed E-state index contributed by atoms with van der Waals surface area (Å²) < 4.78 is 0. The number of piperazine rings is 2. The van der Waals surface area contributed by atoms with Crippen LogP contribution in [0.15, 0.2) is 60.7 Å². The van der Waals surface area contributed by atoms with Gasteiger partial charge in [0.2, 0.25) is 11.8 Å². The molecule has 2 N–H and O–H groups in total. The smallest absolute Gasteiger partial charge is 0.318 e. The van der Waals surface area contributed by atoms with Crippen LogP contribution in [0.4, 0.5) is 9.59 Å². The first-order chi connectivity index (χ1) is 25.1. The Morgan fingerprint density at radius 1 is 0.577 bits per heavy atom. The summed E-state index contributed by atoms with van der Waals surface area (Å²) in [6, 6.07) is 18.5. The van der Waals surface area contributed by atoms with E-state index in [4.69, 9.17) is 0 Å². The molecule has 14 heteroatoms. The molecule has 6 amide bonds. The van der Waals surface area contributed by atoms with Gasteiger partial charge in [0, 0.05) is 90.0 Å². The second-order valence-corrected chi connectivity index (χ2v) is 16.4. The summed E-state index contributed by atoms with van der Waals surface area (Å²) >= 11 is 0. The molecule has 0 bridgehead atoms. The van der Waals surface area contributed by atoms with E-state index in [-0.39, 0.29) is 23.9 Å². The van der Waals surface area contributed by atoms with Gasteiger partial charge in [-0.15, -0.1) is 0 Å². The SMILES string of the molecule is C[C@H](NC(=O)N(CCSSCCN(CCc1ccccc1)C(=O)N[C@@H](C)C(=O)N1CCN(C)CC1)CCc1ccccc1)C(=O)N1CCN(C)CC1. The Morgan fingerprint density at radius 3 is 1.27 bits per heavy atom. The number of urea groups is 2. The van der Waals surface area contributed by atoms with E-state index in [1.165, 1.54) is 0 Å². The van der Waals surface area contributed by atoms with Gasteiger partial charge in [-0.1, -0.05) is 82.3 Å². The molecule has 2 atom stereocenters. The molecule has 0 saturated carbocycles. The molecule has 2 aromatic rings. The van der Waals surface area contributed by atoms with Crippen molar-refractivity contribution >= 4 is 45.5 Å². The van der Waals surface area contributed by atoms with Gasteiger partial charge in [0.25, 0.3) is 0 Å². The highest BCUT2D eigenvalue weighted by atomic mass is 33.1. The molecule has 12 nitrogen and oxygen atoms in total. The van der Waals surface area contributed by atoms with E-state index in [1.807, 2.05) is 60.3 Å². The van der Waals surface area contributed by atoms with Gasteiger partial charge >= 0.3 is 12.1 Å². The van der Waals surface area contributed by atoms with Crippen LogP contribution in [0.25, 0.3) is 0 Å². The Balaban J connectivity index is 1.27. The third-order valence-electron chi connectivity index (χ3n) is 9.62. The van der Waals surface area contributed by atoms with Gasteiger partial charge in [-0.2, -0.15) is 0 Å². The van der Waals surface area contributed by atoms with Gasteiger partial charge in [-0.3, -0.25) is 9.59 Å². The van der Waals surface area contributed by atoms with E-state index in [1.54, 1.807) is 45.2 Å². The first-order valence-corrected chi connectivity index (χ1v) is 21.0. The van der Waals surface area contributed by atoms with Crippen LogP contribution < -0.4 is 10.6 Å². The van der Waals surface area contributed by atoms with Crippen LogP contribution in [-0.4, -0.2) is 169 Å².